The zero-order chi connectivity index (χ0) is 17.4. The molecule has 1 aliphatic carbocycles. The smallest absolute Gasteiger partial charge is 0.102 e. The molecule has 3 rings (SSSR count). The van der Waals surface area contributed by atoms with E-state index >= 15 is 0 Å². The van der Waals surface area contributed by atoms with Gasteiger partial charge in [0.05, 0.1) is 16.8 Å². The summed E-state index contributed by atoms with van der Waals surface area (Å²) in [7, 11) is 2.05. The van der Waals surface area contributed by atoms with Crippen LogP contribution in [-0.2, 0) is 0 Å². The molecule has 24 heavy (non-hydrogen) atoms. The fourth-order valence-corrected chi connectivity index (χ4v) is 3.60. The molecule has 4 nitrogen and oxygen atoms in total. The van der Waals surface area contributed by atoms with E-state index in [1.165, 1.54) is 0 Å². The van der Waals surface area contributed by atoms with Crippen LogP contribution < -0.4 is 5.73 Å². The fraction of sp³-hybridized carbons (Fsp3) is 0.300. The number of nitrogens with two attached hydrogens (primary N) is 1. The van der Waals surface area contributed by atoms with Crippen LogP contribution in [0.2, 0.25) is 0 Å². The van der Waals surface area contributed by atoms with Crippen molar-refractivity contribution in [2.24, 2.45) is 11.7 Å². The number of rotatable bonds is 1. The van der Waals surface area contributed by atoms with E-state index in [1.807, 2.05) is 20.9 Å². The van der Waals surface area contributed by atoms with E-state index in [2.05, 4.69) is 41.3 Å². The molecule has 120 valence electrons. The number of aryl methyl sites for hydroxylation is 2. The summed E-state index contributed by atoms with van der Waals surface area (Å²) in [5, 5.41) is 19.3. The third-order valence-corrected chi connectivity index (χ3v) is 4.84. The van der Waals surface area contributed by atoms with Gasteiger partial charge in [0.2, 0.25) is 0 Å². The van der Waals surface area contributed by atoms with Crippen LogP contribution in [0.15, 0.2) is 46.7 Å². The molecule has 1 aromatic carbocycles. The Hall–Kier alpha value is -2.82. The Balaban J connectivity index is 2.35. The molecule has 1 atom stereocenters. The van der Waals surface area contributed by atoms with Crippen LogP contribution in [0.1, 0.15) is 16.7 Å². The van der Waals surface area contributed by atoms with Crippen molar-refractivity contribution in [1.82, 2.24) is 4.90 Å². The molecule has 1 aromatic rings. The fourth-order valence-electron chi connectivity index (χ4n) is 3.60. The van der Waals surface area contributed by atoms with Crippen molar-refractivity contribution in [2.45, 2.75) is 13.8 Å². The van der Waals surface area contributed by atoms with Gasteiger partial charge in [0.15, 0.2) is 0 Å². The SMILES string of the molecule is Cc1ccc(C)c(C2=C(C#N)C(N)=C(C#N)C3=CCN(C)C[C@@H]32)c1. The second-order valence-electron chi connectivity index (χ2n) is 6.55. The molecule has 0 spiro atoms. The summed E-state index contributed by atoms with van der Waals surface area (Å²) in [6.07, 6.45) is 2.07. The quantitative estimate of drug-likeness (QED) is 0.864. The summed E-state index contributed by atoms with van der Waals surface area (Å²) in [6, 6.07) is 10.7. The first-order chi connectivity index (χ1) is 11.5. The van der Waals surface area contributed by atoms with Crippen LogP contribution in [0, 0.1) is 42.4 Å². The molecule has 1 aliphatic heterocycles. The number of benzene rings is 1. The van der Waals surface area contributed by atoms with Crippen LogP contribution in [0.5, 0.6) is 0 Å². The van der Waals surface area contributed by atoms with E-state index < -0.39 is 0 Å². The van der Waals surface area contributed by atoms with E-state index in [1.54, 1.807) is 0 Å². The van der Waals surface area contributed by atoms with Crippen molar-refractivity contribution in [2.75, 3.05) is 20.1 Å². The molecule has 2 N–H and O–H groups in total. The van der Waals surface area contributed by atoms with E-state index in [4.69, 9.17) is 5.73 Å². The van der Waals surface area contributed by atoms with Gasteiger partial charge < -0.3 is 10.6 Å². The van der Waals surface area contributed by atoms with Gasteiger partial charge in [-0.2, -0.15) is 10.5 Å². The number of nitriles is 2. The number of fused-ring (bicyclic) bond motifs is 1. The van der Waals surface area contributed by atoms with Crippen molar-refractivity contribution in [3.8, 4) is 12.1 Å². The van der Waals surface area contributed by atoms with Gasteiger partial charge >= 0.3 is 0 Å². The first-order valence-corrected chi connectivity index (χ1v) is 7.99. The molecule has 4 heteroatoms. The summed E-state index contributed by atoms with van der Waals surface area (Å²) in [5.74, 6) is 0.000787. The molecule has 0 unspecified atom stereocenters. The van der Waals surface area contributed by atoms with Gasteiger partial charge in [-0.05, 0) is 43.2 Å². The summed E-state index contributed by atoms with van der Waals surface area (Å²) in [6.45, 7) is 5.65. The highest BCUT2D eigenvalue weighted by Crippen LogP contribution is 2.44. The Morgan fingerprint density at radius 3 is 2.54 bits per heavy atom. The molecule has 2 aliphatic rings. The first kappa shape index (κ1) is 16.1. The Kier molecular flexibility index (Phi) is 4.01. The van der Waals surface area contributed by atoms with E-state index in [-0.39, 0.29) is 5.92 Å². The number of nitrogens with zero attached hydrogens (tertiary/aromatic N) is 3. The molecule has 0 saturated heterocycles. The third kappa shape index (κ3) is 2.42. The summed E-state index contributed by atoms with van der Waals surface area (Å²) in [4.78, 5) is 2.20. The maximum atomic E-state index is 9.76. The second-order valence-corrected chi connectivity index (χ2v) is 6.55. The van der Waals surface area contributed by atoms with Crippen LogP contribution in [-0.4, -0.2) is 25.0 Å². The summed E-state index contributed by atoms with van der Waals surface area (Å²) >= 11 is 0. The highest BCUT2D eigenvalue weighted by Gasteiger charge is 2.36. The topological polar surface area (TPSA) is 76.8 Å². The van der Waals surface area contributed by atoms with E-state index in [0.717, 1.165) is 40.9 Å². The molecule has 0 amide bonds. The van der Waals surface area contributed by atoms with Crippen molar-refractivity contribution < 1.29 is 0 Å². The minimum Gasteiger partial charge on any atom is -0.397 e. The van der Waals surface area contributed by atoms with E-state index in [0.29, 0.717) is 16.8 Å². The largest absolute Gasteiger partial charge is 0.397 e. The van der Waals surface area contributed by atoms with Crippen LogP contribution >= 0.6 is 0 Å². The predicted octanol–water partition coefficient (Wildman–Crippen LogP) is 2.82. The zero-order valence-electron chi connectivity index (χ0n) is 14.2. The van der Waals surface area contributed by atoms with Gasteiger partial charge in [0, 0.05) is 19.0 Å². The number of allylic oxidation sites excluding steroid dienone is 2. The predicted molar refractivity (Wildman–Crippen MR) is 94.3 cm³/mol. The van der Waals surface area contributed by atoms with Crippen LogP contribution in [0.4, 0.5) is 0 Å². The lowest BCUT2D eigenvalue weighted by Gasteiger charge is -2.36. The van der Waals surface area contributed by atoms with Gasteiger partial charge in [0.25, 0.3) is 0 Å². The van der Waals surface area contributed by atoms with Gasteiger partial charge in [-0.3, -0.25) is 0 Å². The third-order valence-electron chi connectivity index (χ3n) is 4.84. The summed E-state index contributed by atoms with van der Waals surface area (Å²) < 4.78 is 0. The molecule has 0 fully saturated rings. The minimum absolute atomic E-state index is 0.000787. The Morgan fingerprint density at radius 2 is 1.88 bits per heavy atom. The second kappa shape index (κ2) is 6.00. The molecule has 0 aromatic heterocycles. The molecule has 0 bridgehead atoms. The lowest BCUT2D eigenvalue weighted by molar-refractivity contribution is 0.332. The number of hydrogen-bond acceptors (Lipinski definition) is 4. The maximum Gasteiger partial charge on any atom is 0.102 e. The number of likely N-dealkylation sites (N-methyl/N-ethyl adjacent to an activating group) is 1. The van der Waals surface area contributed by atoms with Gasteiger partial charge in [0.1, 0.15) is 12.1 Å². The average molecular weight is 316 g/mol. The maximum absolute atomic E-state index is 9.76. The highest BCUT2D eigenvalue weighted by atomic mass is 15.1. The lowest BCUT2D eigenvalue weighted by Crippen LogP contribution is -2.35. The normalized spacial score (nSPS) is 21.0. The van der Waals surface area contributed by atoms with Gasteiger partial charge in [-0.1, -0.05) is 29.8 Å². The van der Waals surface area contributed by atoms with E-state index in [9.17, 15) is 10.5 Å². The first-order valence-electron chi connectivity index (χ1n) is 7.99. The lowest BCUT2D eigenvalue weighted by atomic mass is 9.73. The number of hydrogen-bond donors (Lipinski definition) is 1. The zero-order valence-corrected chi connectivity index (χ0v) is 14.2. The van der Waals surface area contributed by atoms with Crippen LogP contribution in [0.3, 0.4) is 0 Å². The molecular formula is C20H20N4. The summed E-state index contributed by atoms with van der Waals surface area (Å²) in [5.41, 5.74) is 12.7. The molecule has 0 radical (unpaired) electrons. The Bertz CT molecular complexity index is 887. The standard InChI is InChI=1S/C20H20N4/c1-12-4-5-13(2)15(8-12)19-17(10-22)20(23)16(9-21)14-6-7-24(3)11-18(14)19/h4-6,8,18H,7,11,23H2,1-3H3/t18-/m0/s1. The van der Waals surface area contributed by atoms with Crippen molar-refractivity contribution >= 4 is 5.57 Å². The molecule has 1 heterocycles. The Labute approximate surface area is 142 Å². The van der Waals surface area contributed by atoms with Crippen molar-refractivity contribution in [3.05, 3.63) is 63.4 Å². The van der Waals surface area contributed by atoms with Crippen molar-refractivity contribution in [1.29, 1.82) is 10.5 Å². The monoisotopic (exact) mass is 316 g/mol. The molecular weight excluding hydrogens is 296 g/mol. The van der Waals surface area contributed by atoms with Crippen molar-refractivity contribution in [3.63, 3.8) is 0 Å². The van der Waals surface area contributed by atoms with Gasteiger partial charge in [-0.25, -0.2) is 0 Å². The highest BCUT2D eigenvalue weighted by molar-refractivity contribution is 5.86. The minimum atomic E-state index is 0.000787. The molecule has 0 saturated carbocycles. The van der Waals surface area contributed by atoms with Crippen LogP contribution in [0.25, 0.3) is 5.57 Å². The van der Waals surface area contributed by atoms with Gasteiger partial charge in [-0.15, -0.1) is 0 Å². The Morgan fingerprint density at radius 1 is 1.17 bits per heavy atom. The average Bonchev–Trinajstić information content (AvgIpc) is 2.56.